The number of piperazine rings is 1. The first-order chi connectivity index (χ1) is 15.4. The van der Waals surface area contributed by atoms with Crippen molar-refractivity contribution in [2.45, 2.75) is 4.90 Å². The molecule has 4 aromatic rings. The lowest BCUT2D eigenvalue weighted by molar-refractivity contribution is 0.0667. The van der Waals surface area contributed by atoms with Crippen LogP contribution in [0.5, 0.6) is 0 Å². The molecule has 0 radical (unpaired) electrons. The quantitative estimate of drug-likeness (QED) is 0.452. The summed E-state index contributed by atoms with van der Waals surface area (Å²) in [6.07, 6.45) is 0. The number of fused-ring (bicyclic) bond motifs is 1. The first-order valence-corrected chi connectivity index (χ1v) is 12.2. The van der Waals surface area contributed by atoms with E-state index in [2.05, 4.69) is 4.98 Å². The van der Waals surface area contributed by atoms with Crippen LogP contribution < -0.4 is 0 Å². The number of furan rings is 1. The maximum absolute atomic E-state index is 13.1. The summed E-state index contributed by atoms with van der Waals surface area (Å²) >= 11 is 1.49. The van der Waals surface area contributed by atoms with Gasteiger partial charge in [-0.05, 0) is 48.5 Å². The lowest BCUT2D eigenvalue weighted by Crippen LogP contribution is -2.50. The number of benzene rings is 2. The number of carbonyl (C=O) groups is 1. The Morgan fingerprint density at radius 3 is 2.41 bits per heavy atom. The molecule has 1 amide bonds. The minimum atomic E-state index is -3.74. The van der Waals surface area contributed by atoms with E-state index in [1.807, 2.05) is 24.3 Å². The highest BCUT2D eigenvalue weighted by Gasteiger charge is 2.31. The largest absolute Gasteiger partial charge is 0.448 e. The number of thiazole rings is 1. The van der Waals surface area contributed by atoms with Gasteiger partial charge in [-0.3, -0.25) is 4.79 Å². The molecular formula is C22H18FN3O4S2. The molecule has 1 fully saturated rings. The molecule has 2 aromatic carbocycles. The van der Waals surface area contributed by atoms with E-state index < -0.39 is 15.8 Å². The maximum Gasteiger partial charge on any atom is 0.289 e. The van der Waals surface area contributed by atoms with Gasteiger partial charge in [-0.1, -0.05) is 12.1 Å². The number of rotatable bonds is 4. The predicted molar refractivity (Wildman–Crippen MR) is 118 cm³/mol. The molecule has 32 heavy (non-hydrogen) atoms. The number of hydrogen-bond acceptors (Lipinski definition) is 6. The van der Waals surface area contributed by atoms with Crippen LogP contribution in [0, 0.1) is 5.82 Å². The van der Waals surface area contributed by atoms with Gasteiger partial charge in [-0.25, -0.2) is 17.8 Å². The molecule has 0 aliphatic carbocycles. The third-order valence-corrected chi connectivity index (χ3v) is 8.26. The summed E-state index contributed by atoms with van der Waals surface area (Å²) in [5.41, 5.74) is 0.871. The van der Waals surface area contributed by atoms with Crippen LogP contribution in [0.4, 0.5) is 4.39 Å². The zero-order valence-corrected chi connectivity index (χ0v) is 18.4. The Morgan fingerprint density at radius 2 is 1.69 bits per heavy atom. The van der Waals surface area contributed by atoms with Crippen molar-refractivity contribution in [1.82, 2.24) is 14.2 Å². The summed E-state index contributed by atoms with van der Waals surface area (Å²) in [4.78, 5) is 19.0. The van der Waals surface area contributed by atoms with Gasteiger partial charge >= 0.3 is 0 Å². The van der Waals surface area contributed by atoms with Crippen molar-refractivity contribution in [3.05, 3.63) is 72.2 Å². The van der Waals surface area contributed by atoms with E-state index in [1.54, 1.807) is 17.0 Å². The standard InChI is InChI=1S/C22H18FN3O4S2/c23-15-5-7-16(8-6-15)32(28,29)26-13-11-25(12-14-26)22(27)19-10-9-18(30-19)21-24-17-3-1-2-4-20(17)31-21/h1-10H,11-14H2. The van der Waals surface area contributed by atoms with Crippen molar-refractivity contribution in [2.24, 2.45) is 0 Å². The molecule has 2 aromatic heterocycles. The van der Waals surface area contributed by atoms with Gasteiger partial charge in [0, 0.05) is 26.2 Å². The smallest absolute Gasteiger partial charge is 0.289 e. The lowest BCUT2D eigenvalue weighted by atomic mass is 10.3. The fourth-order valence-corrected chi connectivity index (χ4v) is 5.94. The minimum Gasteiger partial charge on any atom is -0.448 e. The molecule has 1 aliphatic heterocycles. The van der Waals surface area contributed by atoms with Gasteiger partial charge in [-0.2, -0.15) is 4.31 Å². The minimum absolute atomic E-state index is 0.0326. The van der Waals surface area contributed by atoms with Gasteiger partial charge < -0.3 is 9.32 Å². The Hall–Kier alpha value is -3.08. The van der Waals surface area contributed by atoms with E-state index in [4.69, 9.17) is 4.42 Å². The summed E-state index contributed by atoms with van der Waals surface area (Å²) in [5, 5.41) is 0.695. The summed E-state index contributed by atoms with van der Waals surface area (Å²) < 4.78 is 46.7. The lowest BCUT2D eigenvalue weighted by Gasteiger charge is -2.33. The fourth-order valence-electron chi connectivity index (χ4n) is 3.59. The normalized spacial score (nSPS) is 15.3. The average Bonchev–Trinajstić information content (AvgIpc) is 3.46. The third kappa shape index (κ3) is 3.81. The first-order valence-electron chi connectivity index (χ1n) is 9.92. The van der Waals surface area contributed by atoms with Crippen LogP contribution in [-0.4, -0.2) is 54.7 Å². The van der Waals surface area contributed by atoms with Gasteiger partial charge in [0.1, 0.15) is 5.82 Å². The zero-order valence-electron chi connectivity index (χ0n) is 16.8. The highest BCUT2D eigenvalue weighted by atomic mass is 32.2. The monoisotopic (exact) mass is 471 g/mol. The molecule has 164 valence electrons. The van der Waals surface area contributed by atoms with Gasteiger partial charge in [0.05, 0.1) is 15.1 Å². The van der Waals surface area contributed by atoms with E-state index in [1.165, 1.54) is 27.8 Å². The number of carbonyl (C=O) groups excluding carboxylic acids is 1. The van der Waals surface area contributed by atoms with Crippen molar-refractivity contribution in [2.75, 3.05) is 26.2 Å². The van der Waals surface area contributed by atoms with Crippen molar-refractivity contribution >= 4 is 37.5 Å². The Balaban J connectivity index is 1.27. The van der Waals surface area contributed by atoms with Crippen LogP contribution in [0.15, 0.2) is 70.0 Å². The molecule has 0 atom stereocenters. The molecule has 0 spiro atoms. The Morgan fingerprint density at radius 1 is 0.969 bits per heavy atom. The second-order valence-corrected chi connectivity index (χ2v) is 10.3. The van der Waals surface area contributed by atoms with Crippen LogP contribution in [0.3, 0.4) is 0 Å². The van der Waals surface area contributed by atoms with Crippen LogP contribution >= 0.6 is 11.3 Å². The molecule has 1 aliphatic rings. The zero-order chi connectivity index (χ0) is 22.3. The predicted octanol–water partition coefficient (Wildman–Crippen LogP) is 3.84. The van der Waals surface area contributed by atoms with Gasteiger partial charge in [0.2, 0.25) is 10.0 Å². The number of para-hydroxylation sites is 1. The van der Waals surface area contributed by atoms with Crippen LogP contribution in [0.1, 0.15) is 10.6 Å². The van der Waals surface area contributed by atoms with E-state index in [0.29, 0.717) is 10.8 Å². The van der Waals surface area contributed by atoms with E-state index in [0.717, 1.165) is 22.3 Å². The highest BCUT2D eigenvalue weighted by Crippen LogP contribution is 2.31. The van der Waals surface area contributed by atoms with E-state index >= 15 is 0 Å². The third-order valence-electron chi connectivity index (χ3n) is 5.30. The SMILES string of the molecule is O=C(c1ccc(-c2nc3ccccc3s2)o1)N1CCN(S(=O)(=O)c2ccc(F)cc2)CC1. The second kappa shape index (κ2) is 8.12. The van der Waals surface area contributed by atoms with E-state index in [9.17, 15) is 17.6 Å². The summed E-state index contributed by atoms with van der Waals surface area (Å²) in [7, 11) is -3.74. The highest BCUT2D eigenvalue weighted by molar-refractivity contribution is 7.89. The van der Waals surface area contributed by atoms with Crippen LogP contribution in [0.25, 0.3) is 21.0 Å². The molecule has 10 heteroatoms. The van der Waals surface area contributed by atoms with Crippen LogP contribution in [-0.2, 0) is 10.0 Å². The topological polar surface area (TPSA) is 83.7 Å². The average molecular weight is 472 g/mol. The number of aromatic nitrogens is 1. The number of sulfonamides is 1. The number of amides is 1. The molecule has 3 heterocycles. The van der Waals surface area contributed by atoms with Crippen molar-refractivity contribution in [3.8, 4) is 10.8 Å². The van der Waals surface area contributed by atoms with Crippen molar-refractivity contribution in [3.63, 3.8) is 0 Å². The summed E-state index contributed by atoms with van der Waals surface area (Å²) in [6, 6.07) is 15.8. The first kappa shape index (κ1) is 20.8. The number of nitrogens with zero attached hydrogens (tertiary/aromatic N) is 3. The Bertz CT molecular complexity index is 1360. The van der Waals surface area contributed by atoms with Gasteiger partial charge in [0.25, 0.3) is 5.91 Å². The summed E-state index contributed by atoms with van der Waals surface area (Å²) in [6.45, 7) is 0.765. The van der Waals surface area contributed by atoms with Crippen molar-refractivity contribution in [1.29, 1.82) is 0 Å². The molecule has 7 nitrogen and oxygen atoms in total. The second-order valence-electron chi connectivity index (χ2n) is 7.30. The summed E-state index contributed by atoms with van der Waals surface area (Å²) in [5.74, 6) is -0.0830. The molecule has 5 rings (SSSR count). The number of halogens is 1. The maximum atomic E-state index is 13.1. The molecule has 0 unspecified atom stereocenters. The van der Waals surface area contributed by atoms with Gasteiger partial charge in [0.15, 0.2) is 16.5 Å². The Kier molecular flexibility index (Phi) is 5.28. The van der Waals surface area contributed by atoms with Crippen LogP contribution in [0.2, 0.25) is 0 Å². The van der Waals surface area contributed by atoms with E-state index in [-0.39, 0.29) is 42.7 Å². The molecule has 0 N–H and O–H groups in total. The number of hydrogen-bond donors (Lipinski definition) is 0. The molecule has 0 bridgehead atoms. The molecule has 0 saturated carbocycles. The molecular weight excluding hydrogens is 453 g/mol. The molecule has 1 saturated heterocycles. The van der Waals surface area contributed by atoms with Gasteiger partial charge in [-0.15, -0.1) is 11.3 Å². The Labute approximate surface area is 187 Å². The van der Waals surface area contributed by atoms with Crippen molar-refractivity contribution < 1.29 is 22.0 Å². The fraction of sp³-hybridized carbons (Fsp3) is 0.182.